The summed E-state index contributed by atoms with van der Waals surface area (Å²) in [6.07, 6.45) is 1.97. The molecule has 0 unspecified atom stereocenters. The van der Waals surface area contributed by atoms with Gasteiger partial charge in [0.05, 0.1) is 6.61 Å². The predicted molar refractivity (Wildman–Crippen MR) is 113 cm³/mol. The molecular weight excluding hydrogens is 431 g/mol. The van der Waals surface area contributed by atoms with Gasteiger partial charge >= 0.3 is 0 Å². The van der Waals surface area contributed by atoms with Gasteiger partial charge in [-0.3, -0.25) is 4.79 Å². The molecule has 6 nitrogen and oxygen atoms in total. The zero-order valence-corrected chi connectivity index (χ0v) is 17.8. The van der Waals surface area contributed by atoms with Crippen molar-refractivity contribution in [2.45, 2.75) is 26.4 Å². The van der Waals surface area contributed by atoms with Gasteiger partial charge in [0.15, 0.2) is 5.96 Å². The van der Waals surface area contributed by atoms with E-state index in [2.05, 4.69) is 27.8 Å². The number of unbranched alkanes of at least 4 members (excludes halogenated alkanes) is 1. The van der Waals surface area contributed by atoms with Crippen molar-refractivity contribution in [2.75, 3.05) is 40.3 Å². The third kappa shape index (κ3) is 11.8. The van der Waals surface area contributed by atoms with Gasteiger partial charge in [-0.15, -0.1) is 24.0 Å². The summed E-state index contributed by atoms with van der Waals surface area (Å²) in [6, 6.07) is 10.2. The Morgan fingerprint density at radius 2 is 1.88 bits per heavy atom. The fourth-order valence-corrected chi connectivity index (χ4v) is 1.93. The van der Waals surface area contributed by atoms with Crippen LogP contribution in [-0.4, -0.2) is 57.1 Å². The molecule has 1 aromatic rings. The van der Waals surface area contributed by atoms with E-state index in [0.29, 0.717) is 12.6 Å². The predicted octanol–water partition coefficient (Wildman–Crippen LogP) is 2.24. The highest BCUT2D eigenvalue weighted by atomic mass is 127. The summed E-state index contributed by atoms with van der Waals surface area (Å²) in [5.41, 5.74) is 1.20. The van der Waals surface area contributed by atoms with Gasteiger partial charge in [-0.05, 0) is 25.3 Å². The van der Waals surface area contributed by atoms with Crippen LogP contribution in [0, 0.1) is 0 Å². The number of guanidine groups is 1. The monoisotopic (exact) mass is 462 g/mol. The minimum Gasteiger partial charge on any atom is -0.377 e. The number of nitrogens with one attached hydrogen (secondary N) is 2. The molecule has 0 radical (unpaired) electrons. The summed E-state index contributed by atoms with van der Waals surface area (Å²) in [5.74, 6) is 0.666. The van der Waals surface area contributed by atoms with Gasteiger partial charge in [0, 0.05) is 33.8 Å². The van der Waals surface area contributed by atoms with Crippen molar-refractivity contribution in [3.8, 4) is 0 Å². The molecule has 0 fully saturated rings. The third-order valence-electron chi connectivity index (χ3n) is 3.33. The summed E-state index contributed by atoms with van der Waals surface area (Å²) in [7, 11) is 3.46. The van der Waals surface area contributed by atoms with E-state index in [0.717, 1.165) is 32.5 Å². The van der Waals surface area contributed by atoms with Gasteiger partial charge in [-0.25, -0.2) is 4.99 Å². The first-order chi connectivity index (χ1) is 11.6. The molecule has 1 amide bonds. The fraction of sp³-hybridized carbons (Fsp3) is 0.556. The molecule has 142 valence electrons. The Morgan fingerprint density at radius 3 is 2.52 bits per heavy atom. The fourth-order valence-electron chi connectivity index (χ4n) is 1.93. The van der Waals surface area contributed by atoms with Crippen molar-refractivity contribution in [1.29, 1.82) is 0 Å². The Labute approximate surface area is 168 Å². The average molecular weight is 462 g/mol. The normalized spacial score (nSPS) is 10.8. The first-order valence-corrected chi connectivity index (χ1v) is 8.47. The Hall–Kier alpha value is -1.35. The first kappa shape index (κ1) is 23.6. The number of aliphatic imine (C=N–C) groups is 1. The van der Waals surface area contributed by atoms with Gasteiger partial charge in [-0.2, -0.15) is 0 Å². The van der Waals surface area contributed by atoms with Crippen LogP contribution in [0.3, 0.4) is 0 Å². The number of hydrogen-bond acceptors (Lipinski definition) is 3. The van der Waals surface area contributed by atoms with Crippen LogP contribution in [-0.2, 0) is 16.1 Å². The molecule has 0 aliphatic heterocycles. The minimum absolute atomic E-state index is 0. The largest absolute Gasteiger partial charge is 0.377 e. The standard InChI is InChI=1S/C18H30N4O2.HI/c1-4-19-18(21-14-17(23)22(2)3)20-12-8-9-13-24-15-16-10-6-5-7-11-16;/h5-7,10-11H,4,8-9,12-15H2,1-3H3,(H2,19,20,21);1H. The van der Waals surface area contributed by atoms with Gasteiger partial charge < -0.3 is 20.3 Å². The highest BCUT2D eigenvalue weighted by Gasteiger charge is 2.03. The molecule has 0 atom stereocenters. The van der Waals surface area contributed by atoms with Crippen LogP contribution in [0.15, 0.2) is 35.3 Å². The van der Waals surface area contributed by atoms with Crippen LogP contribution in [0.1, 0.15) is 25.3 Å². The van der Waals surface area contributed by atoms with Crippen molar-refractivity contribution in [2.24, 2.45) is 4.99 Å². The van der Waals surface area contributed by atoms with Crippen LogP contribution in [0.25, 0.3) is 0 Å². The molecule has 0 aliphatic rings. The van der Waals surface area contributed by atoms with Crippen molar-refractivity contribution in [1.82, 2.24) is 15.5 Å². The van der Waals surface area contributed by atoms with E-state index >= 15 is 0 Å². The van der Waals surface area contributed by atoms with Gasteiger partial charge in [0.2, 0.25) is 5.91 Å². The number of halogens is 1. The second-order valence-electron chi connectivity index (χ2n) is 5.66. The topological polar surface area (TPSA) is 66.0 Å². The molecule has 0 spiro atoms. The molecule has 0 saturated carbocycles. The Balaban J connectivity index is 0.00000576. The molecule has 0 bridgehead atoms. The van der Waals surface area contributed by atoms with E-state index in [1.807, 2.05) is 25.1 Å². The number of nitrogens with zero attached hydrogens (tertiary/aromatic N) is 2. The third-order valence-corrected chi connectivity index (χ3v) is 3.33. The van der Waals surface area contributed by atoms with Crippen LogP contribution < -0.4 is 10.6 Å². The number of rotatable bonds is 10. The molecule has 1 rings (SSSR count). The number of ether oxygens (including phenoxy) is 1. The zero-order valence-electron chi connectivity index (χ0n) is 15.5. The molecule has 1 aromatic carbocycles. The average Bonchev–Trinajstić information content (AvgIpc) is 2.59. The lowest BCUT2D eigenvalue weighted by Gasteiger charge is -2.12. The SMILES string of the molecule is CCNC(=NCC(=O)N(C)C)NCCCCOCc1ccccc1.I. The Bertz CT molecular complexity index is 495. The minimum atomic E-state index is -0.0125. The molecule has 0 heterocycles. The zero-order chi connectivity index (χ0) is 17.6. The van der Waals surface area contributed by atoms with E-state index in [4.69, 9.17) is 4.74 Å². The number of amides is 1. The van der Waals surface area contributed by atoms with Crippen LogP contribution in [0.4, 0.5) is 0 Å². The smallest absolute Gasteiger partial charge is 0.243 e. The molecule has 0 aliphatic carbocycles. The summed E-state index contributed by atoms with van der Waals surface area (Å²) in [4.78, 5) is 17.4. The lowest BCUT2D eigenvalue weighted by Crippen LogP contribution is -2.38. The number of carbonyl (C=O) groups excluding carboxylic acids is 1. The van der Waals surface area contributed by atoms with Gasteiger partial charge in [-0.1, -0.05) is 30.3 Å². The number of benzene rings is 1. The lowest BCUT2D eigenvalue weighted by atomic mass is 10.2. The van der Waals surface area contributed by atoms with E-state index < -0.39 is 0 Å². The Kier molecular flexibility index (Phi) is 14.1. The Morgan fingerprint density at radius 1 is 1.16 bits per heavy atom. The second-order valence-corrected chi connectivity index (χ2v) is 5.66. The van der Waals surface area contributed by atoms with Crippen molar-refractivity contribution in [3.63, 3.8) is 0 Å². The number of likely N-dealkylation sites (N-methyl/N-ethyl adjacent to an activating group) is 1. The van der Waals surface area contributed by atoms with E-state index in [9.17, 15) is 4.79 Å². The van der Waals surface area contributed by atoms with Crippen molar-refractivity contribution in [3.05, 3.63) is 35.9 Å². The van der Waals surface area contributed by atoms with Crippen LogP contribution in [0.5, 0.6) is 0 Å². The van der Waals surface area contributed by atoms with Crippen molar-refractivity contribution >= 4 is 35.8 Å². The first-order valence-electron chi connectivity index (χ1n) is 8.47. The summed E-state index contributed by atoms with van der Waals surface area (Å²) < 4.78 is 5.66. The molecule has 7 heteroatoms. The summed E-state index contributed by atoms with van der Waals surface area (Å²) in [6.45, 7) is 5.12. The molecule has 25 heavy (non-hydrogen) atoms. The van der Waals surface area contributed by atoms with E-state index in [-0.39, 0.29) is 36.4 Å². The highest BCUT2D eigenvalue weighted by Crippen LogP contribution is 2.01. The molecule has 0 aromatic heterocycles. The molecular formula is C18H31IN4O2. The maximum atomic E-state index is 11.6. The second kappa shape index (κ2) is 14.9. The lowest BCUT2D eigenvalue weighted by molar-refractivity contribution is -0.127. The van der Waals surface area contributed by atoms with E-state index in [1.54, 1.807) is 14.1 Å². The number of hydrogen-bond donors (Lipinski definition) is 2. The molecule has 2 N–H and O–H groups in total. The van der Waals surface area contributed by atoms with Crippen LogP contribution in [0.2, 0.25) is 0 Å². The summed E-state index contributed by atoms with van der Waals surface area (Å²) >= 11 is 0. The maximum absolute atomic E-state index is 11.6. The van der Waals surface area contributed by atoms with E-state index in [1.165, 1.54) is 10.5 Å². The molecule has 0 saturated heterocycles. The number of carbonyl (C=O) groups is 1. The van der Waals surface area contributed by atoms with Crippen molar-refractivity contribution < 1.29 is 9.53 Å². The summed E-state index contributed by atoms with van der Waals surface area (Å²) in [5, 5.41) is 6.37. The quantitative estimate of drug-likeness (QED) is 0.242. The van der Waals surface area contributed by atoms with Gasteiger partial charge in [0.25, 0.3) is 0 Å². The van der Waals surface area contributed by atoms with Crippen LogP contribution >= 0.6 is 24.0 Å². The maximum Gasteiger partial charge on any atom is 0.243 e. The highest BCUT2D eigenvalue weighted by molar-refractivity contribution is 14.0. The van der Waals surface area contributed by atoms with Gasteiger partial charge in [0.1, 0.15) is 6.54 Å².